The van der Waals surface area contributed by atoms with Crippen LogP contribution in [0.15, 0.2) is 18.2 Å². The van der Waals surface area contributed by atoms with Crippen LogP contribution in [0.4, 0.5) is 4.79 Å². The molecule has 1 aliphatic carbocycles. The smallest absolute Gasteiger partial charge is 0.286 e. The predicted octanol–water partition coefficient (Wildman–Crippen LogP) is 2.10. The summed E-state index contributed by atoms with van der Waals surface area (Å²) in [6, 6.07) is 5.81. The van der Waals surface area contributed by atoms with Gasteiger partial charge in [0.2, 0.25) is 5.91 Å². The summed E-state index contributed by atoms with van der Waals surface area (Å²) in [6.45, 7) is 0. The number of amides is 2. The van der Waals surface area contributed by atoms with Gasteiger partial charge in [0.1, 0.15) is 0 Å². The van der Waals surface area contributed by atoms with Crippen LogP contribution in [0.25, 0.3) is 0 Å². The molecular weight excluding hydrogens is 262 g/mol. The Labute approximate surface area is 114 Å². The van der Waals surface area contributed by atoms with Crippen molar-refractivity contribution >= 4 is 28.7 Å². The molecule has 0 aromatic heterocycles. The molecule has 19 heavy (non-hydrogen) atoms. The van der Waals surface area contributed by atoms with Crippen LogP contribution >= 0.6 is 11.8 Å². The van der Waals surface area contributed by atoms with Gasteiger partial charge < -0.3 is 0 Å². The maximum Gasteiger partial charge on any atom is 0.286 e. The zero-order valence-corrected chi connectivity index (χ0v) is 11.1. The van der Waals surface area contributed by atoms with E-state index in [0.29, 0.717) is 12.8 Å². The van der Waals surface area contributed by atoms with Gasteiger partial charge in [-0.25, -0.2) is 0 Å². The minimum atomic E-state index is -0.371. The lowest BCUT2D eigenvalue weighted by Crippen LogP contribution is -2.25. The van der Waals surface area contributed by atoms with Crippen molar-refractivity contribution in [2.45, 2.75) is 30.9 Å². The Morgan fingerprint density at radius 2 is 2.05 bits per heavy atom. The van der Waals surface area contributed by atoms with E-state index in [4.69, 9.17) is 0 Å². The summed E-state index contributed by atoms with van der Waals surface area (Å²) in [6.07, 6.45) is 2.95. The van der Waals surface area contributed by atoms with Crippen molar-refractivity contribution in [3.05, 3.63) is 34.9 Å². The number of ketones is 1. The van der Waals surface area contributed by atoms with E-state index in [1.807, 2.05) is 18.2 Å². The van der Waals surface area contributed by atoms with Crippen molar-refractivity contribution in [3.8, 4) is 0 Å². The monoisotopic (exact) mass is 275 g/mol. The molecule has 3 rings (SSSR count). The standard InChI is InChI=1S/C14H13NO3S/c16-11-3-1-2-9-5-4-8(6-10(9)11)7-12-13(17)15-14(18)19-12/h4-6,12H,1-3,7H2,(H,15,17,18). The normalized spacial score (nSPS) is 22.3. The summed E-state index contributed by atoms with van der Waals surface area (Å²) >= 11 is 1.02. The Balaban J connectivity index is 1.82. The number of nitrogens with one attached hydrogen (secondary N) is 1. The van der Waals surface area contributed by atoms with Gasteiger partial charge in [-0.05, 0) is 36.5 Å². The lowest BCUT2D eigenvalue weighted by molar-refractivity contribution is -0.118. The van der Waals surface area contributed by atoms with Gasteiger partial charge in [0.15, 0.2) is 5.78 Å². The van der Waals surface area contributed by atoms with Crippen LogP contribution < -0.4 is 5.32 Å². The molecule has 1 unspecified atom stereocenters. The fourth-order valence-corrected chi connectivity index (χ4v) is 3.40. The number of carbonyl (C=O) groups is 3. The van der Waals surface area contributed by atoms with Crippen molar-refractivity contribution in [3.63, 3.8) is 0 Å². The summed E-state index contributed by atoms with van der Waals surface area (Å²) in [5.41, 5.74) is 2.83. The summed E-state index contributed by atoms with van der Waals surface area (Å²) in [5.74, 6) is -0.0539. The van der Waals surface area contributed by atoms with Crippen LogP contribution in [-0.4, -0.2) is 22.2 Å². The number of carbonyl (C=O) groups excluding carboxylic acids is 3. The quantitative estimate of drug-likeness (QED) is 0.897. The van der Waals surface area contributed by atoms with Crippen molar-refractivity contribution in [2.75, 3.05) is 0 Å². The molecule has 1 aromatic rings. The van der Waals surface area contributed by atoms with Gasteiger partial charge in [-0.2, -0.15) is 0 Å². The molecule has 2 aliphatic rings. The Hall–Kier alpha value is -1.62. The maximum atomic E-state index is 11.9. The fraction of sp³-hybridized carbons (Fsp3) is 0.357. The molecule has 1 fully saturated rings. The average Bonchev–Trinajstić information content (AvgIpc) is 2.69. The molecule has 4 nitrogen and oxygen atoms in total. The number of fused-ring (bicyclic) bond motifs is 1. The number of benzene rings is 1. The van der Waals surface area contributed by atoms with Gasteiger partial charge >= 0.3 is 0 Å². The first kappa shape index (κ1) is 12.4. The highest BCUT2D eigenvalue weighted by atomic mass is 32.2. The Morgan fingerprint density at radius 1 is 1.21 bits per heavy atom. The second-order valence-electron chi connectivity index (χ2n) is 4.86. The highest BCUT2D eigenvalue weighted by Gasteiger charge is 2.31. The molecule has 1 heterocycles. The molecule has 1 aliphatic heterocycles. The van der Waals surface area contributed by atoms with E-state index in [0.717, 1.165) is 41.3 Å². The molecular formula is C14H13NO3S. The van der Waals surface area contributed by atoms with Gasteiger partial charge in [0, 0.05) is 12.0 Å². The molecule has 1 atom stereocenters. The van der Waals surface area contributed by atoms with E-state index in [-0.39, 0.29) is 22.2 Å². The first-order valence-electron chi connectivity index (χ1n) is 6.30. The molecule has 1 aromatic carbocycles. The summed E-state index contributed by atoms with van der Waals surface area (Å²) in [7, 11) is 0. The van der Waals surface area contributed by atoms with Gasteiger partial charge in [-0.1, -0.05) is 23.9 Å². The number of hydrogen-bond acceptors (Lipinski definition) is 4. The molecule has 0 bridgehead atoms. The summed E-state index contributed by atoms with van der Waals surface area (Å²) in [4.78, 5) is 34.5. The first-order valence-corrected chi connectivity index (χ1v) is 7.18. The molecule has 0 radical (unpaired) electrons. The largest absolute Gasteiger partial charge is 0.294 e. The number of imide groups is 1. The van der Waals surface area contributed by atoms with E-state index in [9.17, 15) is 14.4 Å². The van der Waals surface area contributed by atoms with E-state index in [1.54, 1.807) is 0 Å². The highest BCUT2D eigenvalue weighted by Crippen LogP contribution is 2.26. The topological polar surface area (TPSA) is 63.2 Å². The third-order valence-corrected chi connectivity index (χ3v) is 4.49. The van der Waals surface area contributed by atoms with Crippen molar-refractivity contribution in [1.82, 2.24) is 5.32 Å². The minimum absolute atomic E-state index is 0.183. The van der Waals surface area contributed by atoms with Gasteiger partial charge in [0.25, 0.3) is 5.24 Å². The van der Waals surface area contributed by atoms with Crippen LogP contribution in [0, 0.1) is 0 Å². The lowest BCUT2D eigenvalue weighted by atomic mass is 9.89. The Kier molecular flexibility index (Phi) is 3.14. The van der Waals surface area contributed by atoms with Crippen molar-refractivity contribution in [2.24, 2.45) is 0 Å². The molecule has 0 spiro atoms. The lowest BCUT2D eigenvalue weighted by Gasteiger charge is -2.16. The van der Waals surface area contributed by atoms with E-state index in [2.05, 4.69) is 5.32 Å². The molecule has 1 N–H and O–H groups in total. The second-order valence-corrected chi connectivity index (χ2v) is 6.03. The summed E-state index contributed by atoms with van der Waals surface area (Å²) < 4.78 is 0. The zero-order valence-electron chi connectivity index (χ0n) is 10.3. The fourth-order valence-electron chi connectivity index (χ4n) is 2.54. The maximum absolute atomic E-state index is 11.9. The van der Waals surface area contributed by atoms with E-state index in [1.165, 1.54) is 0 Å². The van der Waals surface area contributed by atoms with Crippen LogP contribution in [-0.2, 0) is 17.6 Å². The van der Waals surface area contributed by atoms with Crippen LogP contribution in [0.1, 0.15) is 34.3 Å². The predicted molar refractivity (Wildman–Crippen MR) is 72.3 cm³/mol. The molecule has 1 saturated heterocycles. The zero-order chi connectivity index (χ0) is 13.4. The Bertz CT molecular complexity index is 582. The highest BCUT2D eigenvalue weighted by molar-refractivity contribution is 8.15. The first-order chi connectivity index (χ1) is 9.13. The van der Waals surface area contributed by atoms with Crippen LogP contribution in [0.3, 0.4) is 0 Å². The molecule has 98 valence electrons. The SMILES string of the molecule is O=C1NC(=O)C(Cc2ccc3c(c2)C(=O)CCC3)S1. The third kappa shape index (κ3) is 2.42. The second kappa shape index (κ2) is 4.81. The molecule has 2 amide bonds. The number of aryl methyl sites for hydroxylation is 1. The van der Waals surface area contributed by atoms with Gasteiger partial charge in [0.05, 0.1) is 5.25 Å². The van der Waals surface area contributed by atoms with Crippen LogP contribution in [0.5, 0.6) is 0 Å². The van der Waals surface area contributed by atoms with Gasteiger partial charge in [-0.3, -0.25) is 19.7 Å². The van der Waals surface area contributed by atoms with E-state index < -0.39 is 0 Å². The minimum Gasteiger partial charge on any atom is -0.294 e. The van der Waals surface area contributed by atoms with Crippen molar-refractivity contribution < 1.29 is 14.4 Å². The van der Waals surface area contributed by atoms with Crippen molar-refractivity contribution in [1.29, 1.82) is 0 Å². The number of hydrogen-bond donors (Lipinski definition) is 1. The Morgan fingerprint density at radius 3 is 2.79 bits per heavy atom. The molecule has 5 heteroatoms. The molecule has 0 saturated carbocycles. The average molecular weight is 275 g/mol. The number of Topliss-reactive ketones (excluding diaryl/α,β-unsaturated/α-hetero) is 1. The van der Waals surface area contributed by atoms with Crippen LogP contribution in [0.2, 0.25) is 0 Å². The van der Waals surface area contributed by atoms with Gasteiger partial charge in [-0.15, -0.1) is 0 Å². The third-order valence-electron chi connectivity index (χ3n) is 3.51. The summed E-state index contributed by atoms with van der Waals surface area (Å²) in [5, 5.41) is 1.62. The van der Waals surface area contributed by atoms with E-state index >= 15 is 0 Å². The number of rotatable bonds is 2. The number of thioether (sulfide) groups is 1.